The second kappa shape index (κ2) is 7.44. The number of para-hydroxylation sites is 1. The molecule has 30 heavy (non-hydrogen) atoms. The molecular weight excluding hydrogens is 442 g/mol. The zero-order valence-corrected chi connectivity index (χ0v) is 15.1. The molecule has 7 nitrogen and oxygen atoms in total. The van der Waals surface area contributed by atoms with Crippen LogP contribution in [0.4, 0.5) is 26.3 Å². The second-order valence-corrected chi connectivity index (χ2v) is 7.28. The first kappa shape index (κ1) is 21.3. The summed E-state index contributed by atoms with van der Waals surface area (Å²) in [6, 6.07) is 5.93. The van der Waals surface area contributed by atoms with Crippen molar-refractivity contribution in [2.45, 2.75) is 11.1 Å². The highest BCUT2D eigenvalue weighted by atomic mass is 32.2. The molecule has 0 unspecified atom stereocenters. The lowest BCUT2D eigenvalue weighted by molar-refractivity contribution is -0.143. The molecule has 1 amide bonds. The Labute approximate surface area is 164 Å². The highest BCUT2D eigenvalue weighted by molar-refractivity contribution is 7.90. The quantitative estimate of drug-likeness (QED) is 0.617. The van der Waals surface area contributed by atoms with Crippen molar-refractivity contribution in [3.63, 3.8) is 0 Å². The third-order valence-corrected chi connectivity index (χ3v) is 5.02. The number of hydrogen-bond donors (Lipinski definition) is 1. The number of carbonyl (C=O) groups excluding carboxylic acids is 1. The molecule has 0 bridgehead atoms. The molecule has 0 radical (unpaired) electrons. The Bertz CT molecular complexity index is 1220. The van der Waals surface area contributed by atoms with Gasteiger partial charge >= 0.3 is 6.18 Å². The van der Waals surface area contributed by atoms with Crippen LogP contribution >= 0.6 is 0 Å². The van der Waals surface area contributed by atoms with Crippen LogP contribution in [0.2, 0.25) is 0 Å². The lowest BCUT2D eigenvalue weighted by Gasteiger charge is -2.12. The van der Waals surface area contributed by atoms with Crippen LogP contribution in [-0.4, -0.2) is 29.3 Å². The van der Waals surface area contributed by atoms with Crippen LogP contribution in [0.5, 0.6) is 0 Å². The van der Waals surface area contributed by atoms with Gasteiger partial charge in [-0.15, -0.1) is 5.10 Å². The van der Waals surface area contributed by atoms with Crippen LogP contribution < -0.4 is 4.72 Å². The van der Waals surface area contributed by atoms with Crippen molar-refractivity contribution >= 4 is 15.9 Å². The summed E-state index contributed by atoms with van der Waals surface area (Å²) in [5.74, 6) is -6.10. The fraction of sp³-hybridized carbons (Fsp3) is 0.0625. The molecule has 1 N–H and O–H groups in total. The topological polar surface area (TPSA) is 93.9 Å². The predicted octanol–water partition coefficient (Wildman–Crippen LogP) is 2.82. The number of benzene rings is 2. The smallest absolute Gasteiger partial charge is 0.266 e. The zero-order valence-electron chi connectivity index (χ0n) is 14.3. The zero-order chi connectivity index (χ0) is 22.3. The highest BCUT2D eigenvalue weighted by Crippen LogP contribution is 2.34. The summed E-state index contributed by atoms with van der Waals surface area (Å²) < 4.78 is 107. The van der Waals surface area contributed by atoms with E-state index >= 15 is 0 Å². The van der Waals surface area contributed by atoms with E-state index < -0.39 is 61.5 Å². The molecule has 14 heteroatoms. The number of carbonyl (C=O) groups is 1. The first-order valence-corrected chi connectivity index (χ1v) is 9.20. The number of nitrogens with one attached hydrogen (secondary N) is 1. The molecule has 0 aliphatic carbocycles. The first-order valence-electron chi connectivity index (χ1n) is 7.72. The van der Waals surface area contributed by atoms with Crippen molar-refractivity contribution in [2.24, 2.45) is 0 Å². The van der Waals surface area contributed by atoms with Gasteiger partial charge in [-0.3, -0.25) is 4.79 Å². The molecule has 0 saturated carbocycles. The van der Waals surface area contributed by atoms with E-state index in [-0.39, 0.29) is 4.68 Å². The summed E-state index contributed by atoms with van der Waals surface area (Å²) in [5, 5.41) is 5.88. The summed E-state index contributed by atoms with van der Waals surface area (Å²) in [7, 11) is -4.94. The Morgan fingerprint density at radius 3 is 2.07 bits per heavy atom. The third kappa shape index (κ3) is 3.85. The number of amides is 1. The Hall–Kier alpha value is -3.42. The van der Waals surface area contributed by atoms with Crippen molar-refractivity contribution in [1.29, 1.82) is 0 Å². The molecule has 1 heterocycles. The van der Waals surface area contributed by atoms with E-state index in [4.69, 9.17) is 0 Å². The van der Waals surface area contributed by atoms with Gasteiger partial charge in [-0.2, -0.15) is 13.2 Å². The standard InChI is InChI=1S/C16H8F6N4O3S/c17-8-4-1-2-7-11(8)30(28,29)24-15(27)12-14(16(20,21)22)26(25-23-12)13-9(18)5-3-6-10(13)19/h1-7H,(H,24,27). The molecule has 0 aliphatic rings. The molecular formula is C16H8F6N4O3S. The monoisotopic (exact) mass is 450 g/mol. The molecule has 3 rings (SSSR count). The number of halogens is 6. The largest absolute Gasteiger partial charge is 0.435 e. The summed E-state index contributed by atoms with van der Waals surface area (Å²) in [4.78, 5) is 11.2. The highest BCUT2D eigenvalue weighted by Gasteiger charge is 2.43. The maximum absolute atomic E-state index is 13.9. The van der Waals surface area contributed by atoms with Gasteiger partial charge in [0.05, 0.1) is 0 Å². The summed E-state index contributed by atoms with van der Waals surface area (Å²) in [6.07, 6.45) is -5.42. The molecule has 0 spiro atoms. The summed E-state index contributed by atoms with van der Waals surface area (Å²) >= 11 is 0. The molecule has 158 valence electrons. The van der Waals surface area contributed by atoms with Gasteiger partial charge in [-0.25, -0.2) is 31.0 Å². The number of sulfonamides is 1. The Morgan fingerprint density at radius 2 is 1.50 bits per heavy atom. The van der Waals surface area contributed by atoms with E-state index in [9.17, 15) is 39.6 Å². The van der Waals surface area contributed by atoms with Crippen molar-refractivity contribution in [2.75, 3.05) is 0 Å². The van der Waals surface area contributed by atoms with Gasteiger partial charge in [-0.1, -0.05) is 23.4 Å². The van der Waals surface area contributed by atoms with E-state index in [1.807, 2.05) is 0 Å². The van der Waals surface area contributed by atoms with Gasteiger partial charge < -0.3 is 0 Å². The second-order valence-electron chi connectivity index (χ2n) is 5.63. The van der Waals surface area contributed by atoms with E-state index in [0.717, 1.165) is 30.3 Å². The van der Waals surface area contributed by atoms with E-state index in [0.29, 0.717) is 12.1 Å². The van der Waals surface area contributed by atoms with E-state index in [1.165, 1.54) is 4.72 Å². The molecule has 0 aliphatic heterocycles. The van der Waals surface area contributed by atoms with Crippen LogP contribution in [0.25, 0.3) is 5.69 Å². The minimum Gasteiger partial charge on any atom is -0.266 e. The van der Waals surface area contributed by atoms with Gasteiger partial charge in [0.15, 0.2) is 23.0 Å². The van der Waals surface area contributed by atoms with Gasteiger partial charge in [0, 0.05) is 0 Å². The summed E-state index contributed by atoms with van der Waals surface area (Å²) in [5.41, 5.74) is -4.91. The Kier molecular flexibility index (Phi) is 5.28. The predicted molar refractivity (Wildman–Crippen MR) is 87.3 cm³/mol. The van der Waals surface area contributed by atoms with E-state index in [1.54, 1.807) is 0 Å². The molecule has 0 fully saturated rings. The van der Waals surface area contributed by atoms with Crippen molar-refractivity contribution in [3.05, 3.63) is 71.3 Å². The SMILES string of the molecule is O=C(NS(=O)(=O)c1ccccc1F)c1nnn(-c2c(F)cccc2F)c1C(F)(F)F. The van der Waals surface area contributed by atoms with Crippen LogP contribution in [-0.2, 0) is 16.2 Å². The summed E-state index contributed by atoms with van der Waals surface area (Å²) in [6.45, 7) is 0. The van der Waals surface area contributed by atoms with Gasteiger partial charge in [0.2, 0.25) is 0 Å². The van der Waals surface area contributed by atoms with Crippen LogP contribution in [0, 0.1) is 17.5 Å². The minimum absolute atomic E-state index is 0.310. The van der Waals surface area contributed by atoms with Crippen LogP contribution in [0.1, 0.15) is 16.2 Å². The first-order chi connectivity index (χ1) is 13.9. The van der Waals surface area contributed by atoms with Crippen molar-refractivity contribution < 1.29 is 39.6 Å². The molecule has 0 saturated heterocycles. The fourth-order valence-electron chi connectivity index (χ4n) is 2.43. The van der Waals surface area contributed by atoms with E-state index in [2.05, 4.69) is 10.3 Å². The average molecular weight is 450 g/mol. The molecule has 2 aromatic carbocycles. The fourth-order valence-corrected chi connectivity index (χ4v) is 3.46. The maximum atomic E-state index is 13.9. The lowest BCUT2D eigenvalue weighted by Crippen LogP contribution is -2.33. The third-order valence-electron chi connectivity index (χ3n) is 3.66. The number of hydrogen-bond acceptors (Lipinski definition) is 5. The van der Waals surface area contributed by atoms with Gasteiger partial charge in [-0.05, 0) is 24.3 Å². The van der Waals surface area contributed by atoms with Crippen molar-refractivity contribution in [1.82, 2.24) is 19.7 Å². The van der Waals surface area contributed by atoms with Crippen LogP contribution in [0.15, 0.2) is 47.4 Å². The number of alkyl halides is 3. The number of rotatable bonds is 4. The molecule has 3 aromatic rings. The Balaban J connectivity index is 2.10. The average Bonchev–Trinajstić information content (AvgIpc) is 3.07. The number of aromatic nitrogens is 3. The number of nitrogens with zero attached hydrogens (tertiary/aromatic N) is 3. The minimum atomic E-state index is -5.42. The lowest BCUT2D eigenvalue weighted by atomic mass is 10.2. The van der Waals surface area contributed by atoms with Crippen LogP contribution in [0.3, 0.4) is 0 Å². The van der Waals surface area contributed by atoms with Gasteiger partial charge in [0.1, 0.15) is 16.4 Å². The van der Waals surface area contributed by atoms with Gasteiger partial charge in [0.25, 0.3) is 15.9 Å². The van der Waals surface area contributed by atoms with Crippen molar-refractivity contribution in [3.8, 4) is 5.69 Å². The molecule has 1 aromatic heterocycles. The maximum Gasteiger partial charge on any atom is 0.435 e. The Morgan fingerprint density at radius 1 is 0.933 bits per heavy atom. The molecule has 0 atom stereocenters. The normalized spacial score (nSPS) is 12.1.